The van der Waals surface area contributed by atoms with E-state index in [0.29, 0.717) is 24.2 Å². The number of hydrogen-bond donors (Lipinski definition) is 5. The number of aliphatic carboxylic acids is 1. The maximum absolute atomic E-state index is 13.8. The molecule has 298 valence electrons. The average Bonchev–Trinajstić information content (AvgIpc) is 3.25. The number of hydrogen-bond acceptors (Lipinski definition) is 11. The summed E-state index contributed by atoms with van der Waals surface area (Å²) in [5.41, 5.74) is 1.08. The van der Waals surface area contributed by atoms with Gasteiger partial charge >= 0.3 is 18.2 Å². The van der Waals surface area contributed by atoms with Gasteiger partial charge in [0.05, 0.1) is 31.0 Å². The number of methoxy groups -OCH3 is 1. The molecule has 2 aliphatic heterocycles. The Labute approximate surface area is 318 Å². The molecule has 0 spiro atoms. The molecule has 17 nitrogen and oxygen atoms in total. The Morgan fingerprint density at radius 1 is 1.00 bits per heavy atom. The summed E-state index contributed by atoms with van der Waals surface area (Å²) < 4.78 is 21.8. The van der Waals surface area contributed by atoms with Crippen LogP contribution in [0.25, 0.3) is 0 Å². The highest BCUT2D eigenvalue weighted by Gasteiger charge is 2.44. The zero-order chi connectivity index (χ0) is 40.2. The number of ether oxygens (including phenoxy) is 4. The molecule has 2 heterocycles. The van der Waals surface area contributed by atoms with Crippen LogP contribution >= 0.6 is 0 Å². The minimum absolute atomic E-state index is 0.0198. The lowest BCUT2D eigenvalue weighted by atomic mass is 10.0. The quantitative estimate of drug-likeness (QED) is 0.122. The van der Waals surface area contributed by atoms with E-state index in [1.54, 1.807) is 43.0 Å². The average molecular weight is 768 g/mol. The lowest BCUT2D eigenvalue weighted by molar-refractivity contribution is -0.137. The van der Waals surface area contributed by atoms with E-state index in [1.807, 2.05) is 0 Å². The molecule has 5 amide bonds. The second-order valence-corrected chi connectivity index (χ2v) is 13.4. The van der Waals surface area contributed by atoms with E-state index in [-0.39, 0.29) is 61.3 Å². The number of rotatable bonds is 16. The molecule has 0 saturated carbocycles. The van der Waals surface area contributed by atoms with Crippen LogP contribution in [0.15, 0.2) is 49.1 Å². The van der Waals surface area contributed by atoms with E-state index >= 15 is 0 Å². The molecule has 0 aromatic heterocycles. The summed E-state index contributed by atoms with van der Waals surface area (Å²) in [6.45, 7) is 8.59. The number of nitrogens with one attached hydrogen (secondary N) is 3. The van der Waals surface area contributed by atoms with Crippen LogP contribution in [0.4, 0.5) is 21.0 Å². The van der Waals surface area contributed by atoms with Gasteiger partial charge in [-0.15, -0.1) is 0 Å². The predicted molar refractivity (Wildman–Crippen MR) is 199 cm³/mol. The van der Waals surface area contributed by atoms with Crippen LogP contribution in [-0.4, -0.2) is 102 Å². The number of carboxylic acids is 1. The number of piperidine rings is 1. The number of carbonyl (C=O) groups is 6. The first-order valence-electron chi connectivity index (χ1n) is 18.0. The number of carbonyl (C=O) groups excluding carboxylic acids is 5. The largest absolute Gasteiger partial charge is 0.493 e. The van der Waals surface area contributed by atoms with Crippen molar-refractivity contribution < 1.29 is 57.9 Å². The van der Waals surface area contributed by atoms with E-state index in [1.165, 1.54) is 32.2 Å². The standard InChI is InChI=1S/C38H49N5O12/c1-6-17-54-37(50)41-32(22(2)3)34(47)39-23(4)33(46)40-25-14-12-24(13-15-25)21-55-38(51)43-28-20-30(53-18-9-11-31(44)45)29(52-5)19-26(28)35(48)42-16-8-7-10-27(42)36(43)49/h6,12-15,19-20,22-23,27,32,36,49H,1,7-11,16-18,21H2,2-5H3,(H,39,47)(H,40,46)(H,41,50)(H,44,45)/t23?,27-,32?,36-/m0/s1. The molecule has 0 radical (unpaired) electrons. The summed E-state index contributed by atoms with van der Waals surface area (Å²) in [7, 11) is 1.39. The number of fused-ring (bicyclic) bond motifs is 2. The summed E-state index contributed by atoms with van der Waals surface area (Å²) in [5, 5.41) is 28.4. The summed E-state index contributed by atoms with van der Waals surface area (Å²) in [6, 6.07) is 6.63. The van der Waals surface area contributed by atoms with Crippen LogP contribution in [-0.2, 0) is 30.5 Å². The zero-order valence-corrected chi connectivity index (χ0v) is 31.4. The zero-order valence-electron chi connectivity index (χ0n) is 31.4. The van der Waals surface area contributed by atoms with Gasteiger partial charge in [-0.05, 0) is 62.3 Å². The van der Waals surface area contributed by atoms with Crippen LogP contribution in [0.2, 0.25) is 0 Å². The molecule has 1 fully saturated rings. The van der Waals surface area contributed by atoms with Crippen molar-refractivity contribution in [3.63, 3.8) is 0 Å². The molecule has 4 rings (SSSR count). The molecule has 55 heavy (non-hydrogen) atoms. The number of aliphatic hydroxyl groups is 1. The molecule has 0 aliphatic carbocycles. The number of amides is 5. The van der Waals surface area contributed by atoms with Crippen LogP contribution in [0.3, 0.4) is 0 Å². The third-order valence-electron chi connectivity index (χ3n) is 9.07. The summed E-state index contributed by atoms with van der Waals surface area (Å²) in [6.07, 6.45) is 0.211. The second-order valence-electron chi connectivity index (χ2n) is 13.4. The number of alkyl carbamates (subject to hydrolysis) is 1. The van der Waals surface area contributed by atoms with E-state index in [9.17, 15) is 33.9 Å². The smallest absolute Gasteiger partial charge is 0.416 e. The van der Waals surface area contributed by atoms with Crippen molar-refractivity contribution in [2.45, 2.75) is 83.8 Å². The van der Waals surface area contributed by atoms with Gasteiger partial charge in [-0.2, -0.15) is 0 Å². The lowest BCUT2D eigenvalue weighted by Crippen LogP contribution is -2.55. The SMILES string of the molecule is C=CCOC(=O)NC(C(=O)NC(C)C(=O)Nc1ccc(COC(=O)N2c3cc(OCCCC(=O)O)c(OC)cc3C(=O)N3CCCC[C@H]3[C@@H]2O)cc1)C(C)C. The van der Waals surface area contributed by atoms with Crippen molar-refractivity contribution in [2.75, 3.05) is 37.1 Å². The molecule has 17 heteroatoms. The van der Waals surface area contributed by atoms with Crippen LogP contribution in [0.1, 0.15) is 68.8 Å². The van der Waals surface area contributed by atoms with Crippen molar-refractivity contribution in [3.05, 3.63) is 60.2 Å². The number of carboxylic acid groups (broad SMARTS) is 1. The van der Waals surface area contributed by atoms with Crippen molar-refractivity contribution in [3.8, 4) is 11.5 Å². The topological polar surface area (TPSA) is 222 Å². The molecule has 5 N–H and O–H groups in total. The molecular formula is C38H49N5O12. The van der Waals surface area contributed by atoms with Gasteiger partial charge in [0.15, 0.2) is 17.7 Å². The van der Waals surface area contributed by atoms with E-state index < -0.39 is 60.2 Å². The fourth-order valence-corrected chi connectivity index (χ4v) is 6.15. The predicted octanol–water partition coefficient (Wildman–Crippen LogP) is 3.79. The van der Waals surface area contributed by atoms with Crippen molar-refractivity contribution in [1.29, 1.82) is 0 Å². The summed E-state index contributed by atoms with van der Waals surface area (Å²) in [5.74, 6) is -2.42. The molecule has 1 saturated heterocycles. The van der Waals surface area contributed by atoms with Crippen LogP contribution in [0.5, 0.6) is 11.5 Å². The second kappa shape index (κ2) is 19.5. The molecule has 2 aromatic rings. The molecular weight excluding hydrogens is 718 g/mol. The van der Waals surface area contributed by atoms with Gasteiger partial charge in [0.1, 0.15) is 25.3 Å². The number of anilines is 2. The highest BCUT2D eigenvalue weighted by molar-refractivity contribution is 6.06. The fourth-order valence-electron chi connectivity index (χ4n) is 6.15. The highest BCUT2D eigenvalue weighted by atomic mass is 16.6. The minimum Gasteiger partial charge on any atom is -0.493 e. The Hall–Kier alpha value is -5.84. The monoisotopic (exact) mass is 767 g/mol. The van der Waals surface area contributed by atoms with Crippen molar-refractivity contribution in [1.82, 2.24) is 15.5 Å². The summed E-state index contributed by atoms with van der Waals surface area (Å²) >= 11 is 0. The molecule has 2 unspecified atom stereocenters. The maximum atomic E-state index is 13.8. The number of nitrogens with zero attached hydrogens (tertiary/aromatic N) is 2. The Kier molecular flexibility index (Phi) is 14.8. The van der Waals surface area contributed by atoms with Gasteiger partial charge in [0.25, 0.3) is 5.91 Å². The Morgan fingerprint density at radius 3 is 2.38 bits per heavy atom. The van der Waals surface area contributed by atoms with Crippen molar-refractivity contribution >= 4 is 47.3 Å². The Bertz CT molecular complexity index is 1730. The van der Waals surface area contributed by atoms with Gasteiger partial charge in [-0.25, -0.2) is 14.5 Å². The maximum Gasteiger partial charge on any atom is 0.416 e. The van der Waals surface area contributed by atoms with Crippen molar-refractivity contribution in [2.24, 2.45) is 5.92 Å². The fraction of sp³-hybridized carbons (Fsp3) is 0.474. The first kappa shape index (κ1) is 41.9. The van der Waals surface area contributed by atoms with E-state index in [2.05, 4.69) is 22.5 Å². The summed E-state index contributed by atoms with van der Waals surface area (Å²) in [4.78, 5) is 78.9. The van der Waals surface area contributed by atoms with E-state index in [4.69, 9.17) is 24.1 Å². The molecule has 4 atom stereocenters. The van der Waals surface area contributed by atoms with Gasteiger partial charge in [0.2, 0.25) is 11.8 Å². The normalized spacial score (nSPS) is 17.4. The first-order chi connectivity index (χ1) is 26.2. The van der Waals surface area contributed by atoms with Gasteiger partial charge in [-0.1, -0.05) is 38.6 Å². The third-order valence-corrected chi connectivity index (χ3v) is 9.07. The Balaban J connectivity index is 1.44. The molecule has 2 aliphatic rings. The van der Waals surface area contributed by atoms with Gasteiger partial charge < -0.3 is 50.0 Å². The van der Waals surface area contributed by atoms with Gasteiger partial charge in [-0.3, -0.25) is 19.2 Å². The number of aliphatic hydroxyl groups excluding tert-OH is 1. The first-order valence-corrected chi connectivity index (χ1v) is 18.0. The molecule has 2 aromatic carbocycles. The van der Waals surface area contributed by atoms with E-state index in [0.717, 1.165) is 17.7 Å². The van der Waals surface area contributed by atoms with Crippen LogP contribution in [0, 0.1) is 5.92 Å². The molecule has 0 bridgehead atoms. The van der Waals surface area contributed by atoms with Gasteiger partial charge in [0, 0.05) is 24.7 Å². The lowest BCUT2D eigenvalue weighted by Gasteiger charge is -2.38. The highest BCUT2D eigenvalue weighted by Crippen LogP contribution is 2.41. The minimum atomic E-state index is -1.45. The Morgan fingerprint density at radius 2 is 1.73 bits per heavy atom. The van der Waals surface area contributed by atoms with Crippen LogP contribution < -0.4 is 30.3 Å². The number of benzene rings is 2. The third kappa shape index (κ3) is 10.9.